The summed E-state index contributed by atoms with van der Waals surface area (Å²) in [5.41, 5.74) is 5.65. The Balaban J connectivity index is 2.19. The molecular weight excluding hydrogens is 305 g/mol. The standard InChI is InChI=1S/C12H11BrClNO2/c13-8-3-4-10(9(14)6-8)17-12(7-15)11-2-1-5-16-11/h1-6,12H,7,15H2. The lowest BCUT2D eigenvalue weighted by atomic mass is 10.2. The molecule has 0 saturated carbocycles. The molecule has 0 fully saturated rings. The number of hydrogen-bond donors (Lipinski definition) is 1. The fourth-order valence-corrected chi connectivity index (χ4v) is 2.14. The maximum absolute atomic E-state index is 6.07. The van der Waals surface area contributed by atoms with Gasteiger partial charge in [-0.2, -0.15) is 0 Å². The van der Waals surface area contributed by atoms with Gasteiger partial charge in [-0.1, -0.05) is 27.5 Å². The summed E-state index contributed by atoms with van der Waals surface area (Å²) in [7, 11) is 0. The molecular formula is C12H11BrClNO2. The summed E-state index contributed by atoms with van der Waals surface area (Å²) in [6.07, 6.45) is 1.26. The fourth-order valence-electron chi connectivity index (χ4n) is 1.42. The smallest absolute Gasteiger partial charge is 0.168 e. The largest absolute Gasteiger partial charge is 0.480 e. The normalized spacial score (nSPS) is 12.4. The molecule has 0 spiro atoms. The van der Waals surface area contributed by atoms with Gasteiger partial charge in [0.25, 0.3) is 0 Å². The van der Waals surface area contributed by atoms with Crippen LogP contribution in [0.4, 0.5) is 0 Å². The molecule has 1 aromatic heterocycles. The van der Waals surface area contributed by atoms with Crippen LogP contribution in [0, 0.1) is 0 Å². The van der Waals surface area contributed by atoms with Crippen molar-refractivity contribution >= 4 is 27.5 Å². The van der Waals surface area contributed by atoms with Crippen molar-refractivity contribution in [2.45, 2.75) is 6.10 Å². The molecule has 0 aliphatic heterocycles. The van der Waals surface area contributed by atoms with Gasteiger partial charge in [0, 0.05) is 11.0 Å². The van der Waals surface area contributed by atoms with E-state index in [4.69, 9.17) is 26.5 Å². The highest BCUT2D eigenvalue weighted by molar-refractivity contribution is 9.10. The van der Waals surface area contributed by atoms with Gasteiger partial charge < -0.3 is 14.9 Å². The first kappa shape index (κ1) is 12.5. The van der Waals surface area contributed by atoms with Crippen LogP contribution in [-0.4, -0.2) is 6.54 Å². The van der Waals surface area contributed by atoms with Gasteiger partial charge in [0.2, 0.25) is 0 Å². The molecule has 2 aromatic rings. The minimum atomic E-state index is -0.330. The molecule has 2 N–H and O–H groups in total. The Morgan fingerprint density at radius 2 is 2.24 bits per heavy atom. The van der Waals surface area contributed by atoms with Crippen molar-refractivity contribution < 1.29 is 9.15 Å². The van der Waals surface area contributed by atoms with E-state index in [2.05, 4.69) is 15.9 Å². The van der Waals surface area contributed by atoms with Gasteiger partial charge in [0.15, 0.2) is 6.10 Å². The van der Waals surface area contributed by atoms with Crippen LogP contribution in [0.25, 0.3) is 0 Å². The number of furan rings is 1. The maximum atomic E-state index is 6.07. The Hall–Kier alpha value is -0.970. The van der Waals surface area contributed by atoms with Gasteiger partial charge in [0.05, 0.1) is 11.3 Å². The zero-order chi connectivity index (χ0) is 12.3. The maximum Gasteiger partial charge on any atom is 0.168 e. The van der Waals surface area contributed by atoms with E-state index in [-0.39, 0.29) is 6.10 Å². The molecule has 0 bridgehead atoms. The summed E-state index contributed by atoms with van der Waals surface area (Å²) >= 11 is 9.40. The van der Waals surface area contributed by atoms with Gasteiger partial charge in [-0.15, -0.1) is 0 Å². The first-order valence-corrected chi connectivity index (χ1v) is 6.23. The topological polar surface area (TPSA) is 48.4 Å². The van der Waals surface area contributed by atoms with Crippen molar-refractivity contribution in [1.29, 1.82) is 0 Å². The van der Waals surface area contributed by atoms with Crippen molar-refractivity contribution in [2.24, 2.45) is 5.73 Å². The monoisotopic (exact) mass is 315 g/mol. The molecule has 5 heteroatoms. The molecule has 2 rings (SSSR count). The molecule has 1 unspecified atom stereocenters. The Bertz CT molecular complexity index is 487. The third-order valence-corrected chi connectivity index (χ3v) is 3.03. The molecule has 0 aliphatic carbocycles. The summed E-state index contributed by atoms with van der Waals surface area (Å²) in [5, 5.41) is 0.532. The van der Waals surface area contributed by atoms with Crippen molar-refractivity contribution in [2.75, 3.05) is 6.54 Å². The van der Waals surface area contributed by atoms with Crippen LogP contribution >= 0.6 is 27.5 Å². The number of hydrogen-bond acceptors (Lipinski definition) is 3. The highest BCUT2D eigenvalue weighted by Gasteiger charge is 2.15. The first-order valence-electron chi connectivity index (χ1n) is 5.06. The van der Waals surface area contributed by atoms with Crippen molar-refractivity contribution in [3.05, 3.63) is 51.9 Å². The Labute approximate surface area is 113 Å². The zero-order valence-electron chi connectivity index (χ0n) is 8.90. The van der Waals surface area contributed by atoms with Crippen LogP contribution in [0.1, 0.15) is 11.9 Å². The second-order valence-corrected chi connectivity index (χ2v) is 4.76. The third-order valence-electron chi connectivity index (χ3n) is 2.24. The van der Waals surface area contributed by atoms with Crippen LogP contribution in [0.2, 0.25) is 5.02 Å². The second kappa shape index (κ2) is 5.58. The number of rotatable bonds is 4. The summed E-state index contributed by atoms with van der Waals surface area (Å²) in [6.45, 7) is 0.319. The highest BCUT2D eigenvalue weighted by atomic mass is 79.9. The average molecular weight is 317 g/mol. The van der Waals surface area contributed by atoms with Crippen LogP contribution < -0.4 is 10.5 Å². The van der Waals surface area contributed by atoms with Crippen LogP contribution in [0.15, 0.2) is 45.5 Å². The van der Waals surface area contributed by atoms with E-state index in [0.29, 0.717) is 23.1 Å². The lowest BCUT2D eigenvalue weighted by Gasteiger charge is -2.16. The van der Waals surface area contributed by atoms with Gasteiger partial charge >= 0.3 is 0 Å². The predicted molar refractivity (Wildman–Crippen MR) is 70.3 cm³/mol. The van der Waals surface area contributed by atoms with E-state index < -0.39 is 0 Å². The molecule has 1 heterocycles. The summed E-state index contributed by atoms with van der Waals surface area (Å²) in [4.78, 5) is 0. The van der Waals surface area contributed by atoms with Gasteiger partial charge in [-0.3, -0.25) is 0 Å². The van der Waals surface area contributed by atoms with Crippen molar-refractivity contribution in [3.63, 3.8) is 0 Å². The molecule has 1 atom stereocenters. The van der Waals surface area contributed by atoms with E-state index in [9.17, 15) is 0 Å². The molecule has 0 amide bonds. The summed E-state index contributed by atoms with van der Waals surface area (Å²) in [5.74, 6) is 1.27. The van der Waals surface area contributed by atoms with Gasteiger partial charge in [-0.05, 0) is 30.3 Å². The van der Waals surface area contributed by atoms with Crippen molar-refractivity contribution in [1.82, 2.24) is 0 Å². The Morgan fingerprint density at radius 3 is 2.82 bits per heavy atom. The highest BCUT2D eigenvalue weighted by Crippen LogP contribution is 2.31. The third kappa shape index (κ3) is 3.03. The number of benzene rings is 1. The molecule has 0 saturated heterocycles. The first-order chi connectivity index (χ1) is 8.20. The lowest BCUT2D eigenvalue weighted by molar-refractivity contribution is 0.184. The molecule has 17 heavy (non-hydrogen) atoms. The molecule has 1 aromatic carbocycles. The van der Waals surface area contributed by atoms with E-state index in [0.717, 1.165) is 4.47 Å². The summed E-state index contributed by atoms with van der Waals surface area (Å²) in [6, 6.07) is 9.04. The van der Waals surface area contributed by atoms with Crippen LogP contribution in [-0.2, 0) is 0 Å². The quantitative estimate of drug-likeness (QED) is 0.934. The molecule has 3 nitrogen and oxygen atoms in total. The minimum absolute atomic E-state index is 0.319. The SMILES string of the molecule is NCC(Oc1ccc(Br)cc1Cl)c1ccco1. The Morgan fingerprint density at radius 1 is 1.41 bits per heavy atom. The van der Waals surface area contributed by atoms with E-state index >= 15 is 0 Å². The van der Waals surface area contributed by atoms with Crippen LogP contribution in [0.3, 0.4) is 0 Å². The number of ether oxygens (including phenoxy) is 1. The van der Waals surface area contributed by atoms with Gasteiger partial charge in [0.1, 0.15) is 11.5 Å². The van der Waals surface area contributed by atoms with E-state index in [1.54, 1.807) is 24.5 Å². The van der Waals surface area contributed by atoms with Gasteiger partial charge in [-0.25, -0.2) is 0 Å². The second-order valence-electron chi connectivity index (χ2n) is 3.43. The van der Waals surface area contributed by atoms with E-state index in [1.165, 1.54) is 0 Å². The molecule has 0 radical (unpaired) electrons. The zero-order valence-corrected chi connectivity index (χ0v) is 11.2. The van der Waals surface area contributed by atoms with Crippen LogP contribution in [0.5, 0.6) is 5.75 Å². The Kier molecular flexibility index (Phi) is 4.10. The minimum Gasteiger partial charge on any atom is -0.480 e. The predicted octanol–water partition coefficient (Wildman–Crippen LogP) is 3.77. The number of halogens is 2. The summed E-state index contributed by atoms with van der Waals surface area (Å²) < 4.78 is 11.9. The number of nitrogens with two attached hydrogens (primary N) is 1. The van der Waals surface area contributed by atoms with E-state index in [1.807, 2.05) is 12.1 Å². The molecule has 0 aliphatic rings. The fraction of sp³-hybridized carbons (Fsp3) is 0.167. The lowest BCUT2D eigenvalue weighted by Crippen LogP contribution is -2.18. The average Bonchev–Trinajstić information content (AvgIpc) is 2.81. The molecule has 90 valence electrons. The van der Waals surface area contributed by atoms with Crippen molar-refractivity contribution in [3.8, 4) is 5.75 Å².